The van der Waals surface area contributed by atoms with E-state index >= 15 is 0 Å². The van der Waals surface area contributed by atoms with E-state index in [4.69, 9.17) is 22.2 Å². The number of hydrogen-bond donors (Lipinski definition) is 2. The zero-order valence-corrected chi connectivity index (χ0v) is 12.7. The number of nitrogens with two attached hydrogens (primary N) is 1. The quantitative estimate of drug-likeness (QED) is 0.669. The molecule has 1 atom stereocenters. The molecular formula is C16H19ClN2O. The number of ether oxygens (including phenoxy) is 1. The Labute approximate surface area is 124 Å². The Hall–Kier alpha value is -1.55. The Balaban J connectivity index is 2.55. The number of benzene rings is 2. The van der Waals surface area contributed by atoms with Gasteiger partial charge < -0.3 is 4.74 Å². The number of hydrogen-bond acceptors (Lipinski definition) is 3. The van der Waals surface area contributed by atoms with E-state index < -0.39 is 0 Å². The van der Waals surface area contributed by atoms with Gasteiger partial charge in [0.15, 0.2) is 0 Å². The van der Waals surface area contributed by atoms with Crippen LogP contribution in [-0.2, 0) is 0 Å². The molecule has 2 aromatic carbocycles. The lowest BCUT2D eigenvalue weighted by Gasteiger charge is -2.22. The molecule has 0 aliphatic carbocycles. The number of aryl methyl sites for hydroxylation is 2. The summed E-state index contributed by atoms with van der Waals surface area (Å²) < 4.78 is 5.42. The van der Waals surface area contributed by atoms with Crippen LogP contribution in [0.3, 0.4) is 0 Å². The highest BCUT2D eigenvalue weighted by Gasteiger charge is 2.19. The van der Waals surface area contributed by atoms with E-state index in [2.05, 4.69) is 37.5 Å². The van der Waals surface area contributed by atoms with Gasteiger partial charge in [-0.3, -0.25) is 5.84 Å². The van der Waals surface area contributed by atoms with Crippen molar-refractivity contribution in [2.45, 2.75) is 19.9 Å². The van der Waals surface area contributed by atoms with Gasteiger partial charge in [-0.2, -0.15) is 0 Å². The molecule has 0 saturated carbocycles. The van der Waals surface area contributed by atoms with Gasteiger partial charge in [-0.15, -0.1) is 0 Å². The lowest BCUT2D eigenvalue weighted by Crippen LogP contribution is -2.29. The molecule has 0 aliphatic heterocycles. The van der Waals surface area contributed by atoms with E-state index in [1.807, 2.05) is 12.1 Å². The van der Waals surface area contributed by atoms with Crippen LogP contribution in [0.4, 0.5) is 0 Å². The van der Waals surface area contributed by atoms with Crippen molar-refractivity contribution < 1.29 is 4.74 Å². The first kappa shape index (κ1) is 14.9. The summed E-state index contributed by atoms with van der Waals surface area (Å²) >= 11 is 6.01. The summed E-state index contributed by atoms with van der Waals surface area (Å²) in [5.74, 6) is 6.50. The van der Waals surface area contributed by atoms with Gasteiger partial charge in [-0.25, -0.2) is 5.43 Å². The van der Waals surface area contributed by atoms with E-state index in [0.29, 0.717) is 5.02 Å². The van der Waals surface area contributed by atoms with Crippen LogP contribution < -0.4 is 16.0 Å². The number of nitrogens with one attached hydrogen (secondary N) is 1. The summed E-state index contributed by atoms with van der Waals surface area (Å²) in [5, 5.41) is 0.641. The van der Waals surface area contributed by atoms with Crippen LogP contribution in [0.1, 0.15) is 28.3 Å². The van der Waals surface area contributed by atoms with E-state index in [0.717, 1.165) is 16.9 Å². The van der Waals surface area contributed by atoms with E-state index in [-0.39, 0.29) is 6.04 Å². The Morgan fingerprint density at radius 3 is 2.50 bits per heavy atom. The maximum absolute atomic E-state index is 6.01. The van der Waals surface area contributed by atoms with Crippen LogP contribution >= 0.6 is 11.6 Å². The van der Waals surface area contributed by atoms with Crippen LogP contribution in [0.25, 0.3) is 0 Å². The molecule has 106 valence electrons. The maximum atomic E-state index is 6.01. The van der Waals surface area contributed by atoms with Crippen LogP contribution in [0.15, 0.2) is 36.4 Å². The highest BCUT2D eigenvalue weighted by molar-refractivity contribution is 6.30. The van der Waals surface area contributed by atoms with Gasteiger partial charge in [-0.1, -0.05) is 41.4 Å². The van der Waals surface area contributed by atoms with Crippen molar-refractivity contribution in [2.75, 3.05) is 7.11 Å². The first-order valence-electron chi connectivity index (χ1n) is 6.43. The maximum Gasteiger partial charge on any atom is 0.125 e. The van der Waals surface area contributed by atoms with Crippen molar-refractivity contribution in [1.29, 1.82) is 0 Å². The highest BCUT2D eigenvalue weighted by atomic mass is 35.5. The van der Waals surface area contributed by atoms with Crippen molar-refractivity contribution >= 4 is 11.6 Å². The van der Waals surface area contributed by atoms with E-state index in [1.54, 1.807) is 13.2 Å². The number of rotatable bonds is 4. The minimum absolute atomic E-state index is 0.137. The van der Waals surface area contributed by atoms with Crippen molar-refractivity contribution in [1.82, 2.24) is 5.43 Å². The summed E-state index contributed by atoms with van der Waals surface area (Å²) in [6, 6.07) is 11.8. The fourth-order valence-electron chi connectivity index (χ4n) is 2.34. The summed E-state index contributed by atoms with van der Waals surface area (Å²) in [4.78, 5) is 0. The zero-order chi connectivity index (χ0) is 14.7. The molecule has 0 aromatic heterocycles. The molecule has 0 saturated heterocycles. The molecular weight excluding hydrogens is 272 g/mol. The van der Waals surface area contributed by atoms with Gasteiger partial charge in [-0.05, 0) is 37.1 Å². The van der Waals surface area contributed by atoms with E-state index in [9.17, 15) is 0 Å². The van der Waals surface area contributed by atoms with Crippen molar-refractivity contribution in [3.63, 3.8) is 0 Å². The Morgan fingerprint density at radius 2 is 1.85 bits per heavy atom. The molecule has 2 rings (SSSR count). The number of hydrazine groups is 1. The van der Waals surface area contributed by atoms with E-state index in [1.165, 1.54) is 11.1 Å². The molecule has 20 heavy (non-hydrogen) atoms. The molecule has 0 aliphatic rings. The summed E-state index contributed by atoms with van der Waals surface area (Å²) in [7, 11) is 1.63. The average Bonchev–Trinajstić information content (AvgIpc) is 2.44. The number of halogens is 1. The molecule has 0 spiro atoms. The van der Waals surface area contributed by atoms with Gasteiger partial charge in [0.25, 0.3) is 0 Å². The molecule has 3 N–H and O–H groups in total. The van der Waals surface area contributed by atoms with Gasteiger partial charge in [0.05, 0.1) is 13.2 Å². The van der Waals surface area contributed by atoms with Crippen molar-refractivity contribution in [3.8, 4) is 5.75 Å². The lowest BCUT2D eigenvalue weighted by atomic mass is 9.93. The van der Waals surface area contributed by atoms with Crippen LogP contribution in [-0.4, -0.2) is 7.11 Å². The van der Waals surface area contributed by atoms with Crippen LogP contribution in [0.2, 0.25) is 5.02 Å². The third kappa shape index (κ3) is 2.96. The minimum atomic E-state index is -0.137. The zero-order valence-electron chi connectivity index (χ0n) is 11.9. The van der Waals surface area contributed by atoms with Gasteiger partial charge >= 0.3 is 0 Å². The summed E-state index contributed by atoms with van der Waals surface area (Å²) in [5.41, 5.74) is 7.34. The second-order valence-electron chi connectivity index (χ2n) is 4.85. The standard InChI is InChI=1S/C16H19ClN2O/c1-10-4-5-11(2)14(8-10)16(19-18)13-7-6-12(17)9-15(13)20-3/h4-9,16,19H,18H2,1-3H3. The predicted molar refractivity (Wildman–Crippen MR) is 83.1 cm³/mol. The first-order valence-corrected chi connectivity index (χ1v) is 6.81. The minimum Gasteiger partial charge on any atom is -0.496 e. The van der Waals surface area contributed by atoms with Gasteiger partial charge in [0.2, 0.25) is 0 Å². The smallest absolute Gasteiger partial charge is 0.125 e. The molecule has 1 unspecified atom stereocenters. The molecule has 0 fully saturated rings. The van der Waals surface area contributed by atoms with Crippen molar-refractivity contribution in [3.05, 3.63) is 63.7 Å². The SMILES string of the molecule is COc1cc(Cl)ccc1C(NN)c1cc(C)ccc1C. The second-order valence-corrected chi connectivity index (χ2v) is 5.28. The molecule has 2 aromatic rings. The van der Waals surface area contributed by atoms with Gasteiger partial charge in [0, 0.05) is 10.6 Å². The highest BCUT2D eigenvalue weighted by Crippen LogP contribution is 2.33. The Bertz CT molecular complexity index is 613. The second kappa shape index (κ2) is 6.27. The predicted octanol–water partition coefficient (Wildman–Crippen LogP) is 3.52. The van der Waals surface area contributed by atoms with Gasteiger partial charge in [0.1, 0.15) is 5.75 Å². The Kier molecular flexibility index (Phi) is 4.65. The summed E-state index contributed by atoms with van der Waals surface area (Å²) in [6.45, 7) is 4.14. The summed E-state index contributed by atoms with van der Waals surface area (Å²) in [6.07, 6.45) is 0. The number of methoxy groups -OCH3 is 1. The monoisotopic (exact) mass is 290 g/mol. The molecule has 0 radical (unpaired) electrons. The lowest BCUT2D eigenvalue weighted by molar-refractivity contribution is 0.404. The largest absolute Gasteiger partial charge is 0.496 e. The molecule has 3 nitrogen and oxygen atoms in total. The third-order valence-corrected chi connectivity index (χ3v) is 3.65. The topological polar surface area (TPSA) is 47.3 Å². The fourth-order valence-corrected chi connectivity index (χ4v) is 2.50. The van der Waals surface area contributed by atoms with Crippen molar-refractivity contribution in [2.24, 2.45) is 5.84 Å². The van der Waals surface area contributed by atoms with Crippen LogP contribution in [0, 0.1) is 13.8 Å². The fraction of sp³-hybridized carbons (Fsp3) is 0.250. The average molecular weight is 291 g/mol. The third-order valence-electron chi connectivity index (χ3n) is 3.42. The Morgan fingerprint density at radius 1 is 1.10 bits per heavy atom. The first-order chi connectivity index (χ1) is 9.56. The van der Waals surface area contributed by atoms with Crippen LogP contribution in [0.5, 0.6) is 5.75 Å². The molecule has 0 heterocycles. The normalized spacial score (nSPS) is 12.2. The molecule has 4 heteroatoms. The molecule has 0 bridgehead atoms. The molecule has 0 amide bonds.